The Morgan fingerprint density at radius 3 is 2.73 bits per heavy atom. The zero-order valence-corrected chi connectivity index (χ0v) is 23.0. The maximum atomic E-state index is 12.6. The molecule has 1 amide bonds. The highest BCUT2D eigenvalue weighted by molar-refractivity contribution is 6.99. The van der Waals surface area contributed by atoms with Gasteiger partial charge in [0, 0.05) is 19.0 Å². The van der Waals surface area contributed by atoms with E-state index in [1.165, 1.54) is 17.7 Å². The van der Waals surface area contributed by atoms with Crippen molar-refractivity contribution in [2.24, 2.45) is 5.73 Å². The van der Waals surface area contributed by atoms with Gasteiger partial charge in [-0.3, -0.25) is 9.28 Å². The molecule has 10 heteroatoms. The highest BCUT2D eigenvalue weighted by atomic mass is 32.1. The number of carbonyl (C=O) groups is 2. The second kappa shape index (κ2) is 14.2. The van der Waals surface area contributed by atoms with Crippen molar-refractivity contribution in [2.75, 3.05) is 47.1 Å². The van der Waals surface area contributed by atoms with Crippen LogP contribution >= 0.6 is 11.7 Å². The van der Waals surface area contributed by atoms with Crippen molar-refractivity contribution in [2.45, 2.75) is 51.5 Å². The van der Waals surface area contributed by atoms with E-state index in [2.05, 4.69) is 28.8 Å². The Morgan fingerprint density at radius 2 is 1.97 bits per heavy atom. The molecule has 2 heterocycles. The van der Waals surface area contributed by atoms with Crippen LogP contribution in [0.2, 0.25) is 0 Å². The van der Waals surface area contributed by atoms with Crippen LogP contribution < -0.4 is 10.5 Å². The molecule has 0 saturated carbocycles. The van der Waals surface area contributed by atoms with E-state index in [0.717, 1.165) is 54.4 Å². The summed E-state index contributed by atoms with van der Waals surface area (Å²) in [5, 5.41) is 0. The molecule has 1 aliphatic rings. The molecule has 1 unspecified atom stereocenters. The number of benzene rings is 1. The van der Waals surface area contributed by atoms with E-state index in [0.29, 0.717) is 29.9 Å². The molecule has 2 atom stereocenters. The third-order valence-electron chi connectivity index (χ3n) is 6.51. The zero-order chi connectivity index (χ0) is 26.7. The van der Waals surface area contributed by atoms with Crippen LogP contribution in [0.3, 0.4) is 0 Å². The van der Waals surface area contributed by atoms with Gasteiger partial charge in [-0.25, -0.2) is 4.79 Å². The van der Waals surface area contributed by atoms with Gasteiger partial charge in [-0.15, -0.1) is 4.37 Å². The first kappa shape index (κ1) is 28.7. The Morgan fingerprint density at radius 1 is 1.19 bits per heavy atom. The summed E-state index contributed by atoms with van der Waals surface area (Å²) < 4.78 is 20.9. The van der Waals surface area contributed by atoms with Gasteiger partial charge in [-0.1, -0.05) is 62.6 Å². The Labute approximate surface area is 224 Å². The normalized spacial score (nSPS) is 18.1. The fourth-order valence-corrected chi connectivity index (χ4v) is 4.87. The third kappa shape index (κ3) is 8.91. The topological polar surface area (TPSA) is 108 Å². The number of aromatic nitrogens is 2. The number of unbranched alkanes of at least 4 members (excludes halogenated alkanes) is 3. The largest absolute Gasteiger partial charge is 0.475 e. The minimum absolute atomic E-state index is 0.143. The van der Waals surface area contributed by atoms with Crippen molar-refractivity contribution in [3.63, 3.8) is 0 Å². The number of rotatable bonds is 14. The highest BCUT2D eigenvalue weighted by Gasteiger charge is 2.31. The molecule has 37 heavy (non-hydrogen) atoms. The lowest BCUT2D eigenvalue weighted by molar-refractivity contribution is -0.919. The summed E-state index contributed by atoms with van der Waals surface area (Å²) in [5.74, 6) is -0.155. The van der Waals surface area contributed by atoms with E-state index in [1.54, 1.807) is 7.05 Å². The van der Waals surface area contributed by atoms with Crippen LogP contribution in [0.4, 0.5) is 0 Å². The molecule has 1 aromatic carbocycles. The molecule has 0 bridgehead atoms. The summed E-state index contributed by atoms with van der Waals surface area (Å²) in [6.07, 6.45) is 7.96. The number of quaternary nitrogens is 1. The average Bonchev–Trinajstić information content (AvgIpc) is 3.36. The smallest absolute Gasteiger partial charge is 0.329 e. The molecule has 0 fully saturated rings. The number of likely N-dealkylation sites (N-methyl/N-ethyl adjacent to an activating group) is 2. The lowest BCUT2D eigenvalue weighted by Crippen LogP contribution is -2.50. The summed E-state index contributed by atoms with van der Waals surface area (Å²) in [5.41, 5.74) is 8.91. The lowest BCUT2D eigenvalue weighted by Gasteiger charge is -2.36. The Bertz CT molecular complexity index is 1040. The Balaban J connectivity index is 1.47. The van der Waals surface area contributed by atoms with Crippen molar-refractivity contribution < 1.29 is 23.5 Å². The second-order valence-electron chi connectivity index (χ2n) is 9.98. The van der Waals surface area contributed by atoms with E-state index < -0.39 is 12.0 Å². The summed E-state index contributed by atoms with van der Waals surface area (Å²) in [6, 6.07) is 8.87. The van der Waals surface area contributed by atoms with Crippen molar-refractivity contribution >= 4 is 29.2 Å². The average molecular weight is 531 g/mol. The van der Waals surface area contributed by atoms with Gasteiger partial charge in [0.2, 0.25) is 12.6 Å². The highest BCUT2D eigenvalue weighted by Crippen LogP contribution is 2.30. The van der Waals surface area contributed by atoms with Gasteiger partial charge in [0.05, 0.1) is 38.0 Å². The van der Waals surface area contributed by atoms with Gasteiger partial charge in [0.15, 0.2) is 0 Å². The van der Waals surface area contributed by atoms with Crippen LogP contribution in [0.25, 0.3) is 5.57 Å². The van der Waals surface area contributed by atoms with Gasteiger partial charge < -0.3 is 20.1 Å². The fourth-order valence-electron chi connectivity index (χ4n) is 4.34. The van der Waals surface area contributed by atoms with E-state index in [4.69, 9.17) is 15.2 Å². The molecule has 0 aliphatic carbocycles. The first-order chi connectivity index (χ1) is 17.8. The number of hydrogen-bond acceptors (Lipinski definition) is 8. The van der Waals surface area contributed by atoms with Crippen molar-refractivity contribution in [3.05, 3.63) is 47.7 Å². The van der Waals surface area contributed by atoms with Crippen LogP contribution in [0.15, 0.2) is 36.4 Å². The predicted molar refractivity (Wildman–Crippen MR) is 145 cm³/mol. The summed E-state index contributed by atoms with van der Waals surface area (Å²) in [7, 11) is 3.63. The van der Waals surface area contributed by atoms with E-state index >= 15 is 0 Å². The van der Waals surface area contributed by atoms with Crippen LogP contribution in [0, 0.1) is 0 Å². The zero-order valence-electron chi connectivity index (χ0n) is 22.2. The van der Waals surface area contributed by atoms with Crippen LogP contribution in [-0.4, -0.2) is 83.1 Å². The first-order valence-electron chi connectivity index (χ1n) is 13.0. The van der Waals surface area contributed by atoms with E-state index in [-0.39, 0.29) is 19.2 Å². The lowest BCUT2D eigenvalue weighted by atomic mass is 10.1. The van der Waals surface area contributed by atoms with Gasteiger partial charge in [-0.2, -0.15) is 4.37 Å². The molecule has 0 saturated heterocycles. The molecule has 0 radical (unpaired) electrons. The summed E-state index contributed by atoms with van der Waals surface area (Å²) in [6.45, 7) is 4.37. The number of hydrogen-bond donors (Lipinski definition) is 1. The maximum Gasteiger partial charge on any atom is 0.329 e. The molecule has 0 spiro atoms. The molecule has 2 aromatic rings. The maximum absolute atomic E-state index is 12.6. The predicted octanol–water partition coefficient (Wildman–Crippen LogP) is 3.26. The molecule has 9 nitrogen and oxygen atoms in total. The van der Waals surface area contributed by atoms with Gasteiger partial charge in [0.25, 0.3) is 5.88 Å². The number of nitrogens with zero attached hydrogens (tertiary/aromatic N) is 4. The Kier molecular flexibility index (Phi) is 11.0. The third-order valence-corrected chi connectivity index (χ3v) is 7.02. The SMILES string of the molecule is CCCCCCOc1nsnc1C1=CCC[N+](C)(COC(=O)CN(C)C(=O)[C@@H](N)Cc2ccccc2)C1. The number of nitrogens with two attached hydrogens (primary N) is 1. The quantitative estimate of drug-likeness (QED) is 0.227. The first-order valence-corrected chi connectivity index (χ1v) is 13.7. The molecule has 3 rings (SSSR count). The van der Waals surface area contributed by atoms with Gasteiger partial charge >= 0.3 is 5.97 Å². The van der Waals surface area contributed by atoms with E-state index in [9.17, 15) is 9.59 Å². The summed E-state index contributed by atoms with van der Waals surface area (Å²) >= 11 is 1.15. The van der Waals surface area contributed by atoms with Crippen LogP contribution in [0.5, 0.6) is 5.88 Å². The van der Waals surface area contributed by atoms with Gasteiger partial charge in [-0.05, 0) is 18.4 Å². The Hall–Kier alpha value is -2.82. The molecule has 202 valence electrons. The van der Waals surface area contributed by atoms with Gasteiger partial charge in [0.1, 0.15) is 18.8 Å². The standard InChI is InChI=1S/C27H40N5O4S/c1-4-5-6-10-16-35-26-25(29-37-30-26)22-14-11-15-32(3,19-22)20-36-24(33)18-31(2)27(34)23(28)17-21-12-8-7-9-13-21/h7-9,12-14,23H,4-6,10-11,15-20,28H2,1-3H3/q+1/t23-,32?/m0/s1. The minimum Gasteiger partial charge on any atom is -0.475 e. The van der Waals surface area contributed by atoms with Crippen LogP contribution in [0.1, 0.15) is 50.3 Å². The minimum atomic E-state index is -0.714. The molecule has 2 N–H and O–H groups in total. The summed E-state index contributed by atoms with van der Waals surface area (Å²) in [4.78, 5) is 26.5. The van der Waals surface area contributed by atoms with Crippen molar-refractivity contribution in [1.29, 1.82) is 0 Å². The number of esters is 1. The molecule has 1 aliphatic heterocycles. The number of carbonyl (C=O) groups excluding carboxylic acids is 2. The molecule has 1 aromatic heterocycles. The second-order valence-corrected chi connectivity index (χ2v) is 10.5. The fraction of sp³-hybridized carbons (Fsp3) is 0.556. The van der Waals surface area contributed by atoms with Crippen molar-refractivity contribution in [3.8, 4) is 5.88 Å². The van der Waals surface area contributed by atoms with Crippen LogP contribution in [-0.2, 0) is 20.7 Å². The monoisotopic (exact) mass is 530 g/mol. The molecular weight excluding hydrogens is 490 g/mol. The number of amides is 1. The van der Waals surface area contributed by atoms with E-state index in [1.807, 2.05) is 30.3 Å². The van der Waals surface area contributed by atoms with Crippen molar-refractivity contribution in [1.82, 2.24) is 13.6 Å². The molecular formula is C27H40N5O4S+. The number of ether oxygens (including phenoxy) is 2.